The van der Waals surface area contributed by atoms with Gasteiger partial charge in [0.2, 0.25) is 0 Å². The first-order valence-corrected chi connectivity index (χ1v) is 9.34. The predicted molar refractivity (Wildman–Crippen MR) is 96.4 cm³/mol. The minimum absolute atomic E-state index is 0.0637. The molecule has 0 saturated carbocycles. The Labute approximate surface area is 149 Å². The summed E-state index contributed by atoms with van der Waals surface area (Å²) in [5.41, 5.74) is 9.92. The highest BCUT2D eigenvalue weighted by molar-refractivity contribution is 9.10. The summed E-state index contributed by atoms with van der Waals surface area (Å²) in [6.07, 6.45) is 4.76. The van der Waals surface area contributed by atoms with E-state index in [1.54, 1.807) is 0 Å². The van der Waals surface area contributed by atoms with E-state index in [-0.39, 0.29) is 11.9 Å². The molecule has 0 spiro atoms. The van der Waals surface area contributed by atoms with E-state index in [9.17, 15) is 4.79 Å². The Kier molecular flexibility index (Phi) is 4.18. The first-order chi connectivity index (χ1) is 11.6. The molecule has 1 aliphatic carbocycles. The molecule has 1 saturated heterocycles. The van der Waals surface area contributed by atoms with Gasteiger partial charge in [-0.25, -0.2) is 4.68 Å². The third kappa shape index (κ3) is 2.78. The Hall–Kier alpha value is -1.66. The van der Waals surface area contributed by atoms with Crippen LogP contribution >= 0.6 is 15.9 Å². The highest BCUT2D eigenvalue weighted by atomic mass is 79.9. The summed E-state index contributed by atoms with van der Waals surface area (Å²) in [6.45, 7) is 1.47. The average molecular weight is 389 g/mol. The van der Waals surface area contributed by atoms with Gasteiger partial charge in [-0.3, -0.25) is 4.79 Å². The van der Waals surface area contributed by atoms with Crippen LogP contribution in [-0.2, 0) is 12.8 Å². The molecule has 2 heterocycles. The molecule has 1 aromatic heterocycles. The van der Waals surface area contributed by atoms with E-state index in [4.69, 9.17) is 10.8 Å². The average Bonchev–Trinajstić information content (AvgIpc) is 3.17. The van der Waals surface area contributed by atoms with Crippen molar-refractivity contribution >= 4 is 21.8 Å². The van der Waals surface area contributed by atoms with Gasteiger partial charge in [-0.15, -0.1) is 0 Å². The maximum Gasteiger partial charge on any atom is 0.274 e. The number of rotatable bonds is 2. The molecule has 0 atom stereocenters. The highest BCUT2D eigenvalue weighted by Crippen LogP contribution is 2.29. The quantitative estimate of drug-likeness (QED) is 0.859. The molecule has 2 N–H and O–H groups in total. The number of halogens is 1. The molecule has 5 nitrogen and oxygen atoms in total. The molecule has 1 aliphatic heterocycles. The second-order valence-electron chi connectivity index (χ2n) is 6.65. The van der Waals surface area contributed by atoms with Crippen molar-refractivity contribution in [2.45, 2.75) is 38.1 Å². The van der Waals surface area contributed by atoms with Crippen molar-refractivity contribution in [1.29, 1.82) is 0 Å². The maximum atomic E-state index is 13.0. The van der Waals surface area contributed by atoms with Crippen molar-refractivity contribution < 1.29 is 4.79 Å². The molecular weight excluding hydrogens is 368 g/mol. The number of hydrogen-bond donors (Lipinski definition) is 1. The maximum absolute atomic E-state index is 13.0. The van der Waals surface area contributed by atoms with Gasteiger partial charge in [0.1, 0.15) is 0 Å². The lowest BCUT2D eigenvalue weighted by molar-refractivity contribution is 0.0707. The number of nitrogens with zero attached hydrogens (tertiary/aromatic N) is 3. The lowest BCUT2D eigenvalue weighted by Crippen LogP contribution is -2.43. The van der Waals surface area contributed by atoms with Gasteiger partial charge < -0.3 is 10.6 Å². The number of amides is 1. The van der Waals surface area contributed by atoms with Crippen LogP contribution in [0.5, 0.6) is 0 Å². The zero-order valence-electron chi connectivity index (χ0n) is 13.5. The fourth-order valence-corrected chi connectivity index (χ4v) is 4.07. The summed E-state index contributed by atoms with van der Waals surface area (Å²) in [6, 6.07) is 8.29. The molecule has 0 radical (unpaired) electrons. The summed E-state index contributed by atoms with van der Waals surface area (Å²) >= 11 is 3.52. The van der Waals surface area contributed by atoms with Crippen molar-refractivity contribution in [3.63, 3.8) is 0 Å². The van der Waals surface area contributed by atoms with Crippen LogP contribution in [0.25, 0.3) is 5.69 Å². The van der Waals surface area contributed by atoms with Gasteiger partial charge in [-0.05, 0) is 50.3 Å². The summed E-state index contributed by atoms with van der Waals surface area (Å²) < 4.78 is 2.97. The van der Waals surface area contributed by atoms with Gasteiger partial charge in [0.25, 0.3) is 5.91 Å². The molecule has 24 heavy (non-hydrogen) atoms. The lowest BCUT2D eigenvalue weighted by Gasteiger charge is -2.29. The van der Waals surface area contributed by atoms with E-state index in [0.717, 1.165) is 60.9 Å². The van der Waals surface area contributed by atoms with Crippen LogP contribution in [0.15, 0.2) is 28.7 Å². The topological polar surface area (TPSA) is 64.2 Å². The second-order valence-corrected chi connectivity index (χ2v) is 7.56. The minimum Gasteiger partial charge on any atom is -0.337 e. The van der Waals surface area contributed by atoms with Crippen LogP contribution in [-0.4, -0.2) is 39.7 Å². The Morgan fingerprint density at radius 2 is 2.04 bits per heavy atom. The van der Waals surface area contributed by atoms with E-state index in [1.165, 1.54) is 5.69 Å². The van der Waals surface area contributed by atoms with Crippen LogP contribution in [0.3, 0.4) is 0 Å². The van der Waals surface area contributed by atoms with E-state index >= 15 is 0 Å². The number of aromatic nitrogens is 2. The van der Waals surface area contributed by atoms with E-state index in [2.05, 4.69) is 15.9 Å². The smallest absolute Gasteiger partial charge is 0.274 e. The molecule has 1 amide bonds. The Balaban J connectivity index is 1.70. The van der Waals surface area contributed by atoms with Gasteiger partial charge in [-0.1, -0.05) is 22.0 Å². The van der Waals surface area contributed by atoms with Gasteiger partial charge in [0.15, 0.2) is 5.69 Å². The molecule has 2 aromatic rings. The Bertz CT molecular complexity index is 777. The summed E-state index contributed by atoms with van der Waals surface area (Å²) in [4.78, 5) is 14.9. The number of carbonyl (C=O) groups excluding carboxylic acids is 1. The van der Waals surface area contributed by atoms with Crippen LogP contribution in [0.4, 0.5) is 0 Å². The van der Waals surface area contributed by atoms with Crippen LogP contribution in [0, 0.1) is 0 Å². The van der Waals surface area contributed by atoms with Crippen LogP contribution in [0.2, 0.25) is 0 Å². The van der Waals surface area contributed by atoms with Gasteiger partial charge in [0.05, 0.1) is 5.69 Å². The highest BCUT2D eigenvalue weighted by Gasteiger charge is 2.30. The van der Waals surface area contributed by atoms with Gasteiger partial charge in [-0.2, -0.15) is 5.10 Å². The summed E-state index contributed by atoms with van der Waals surface area (Å²) in [5.74, 6) is 0.0637. The first kappa shape index (κ1) is 15.8. The van der Waals surface area contributed by atoms with Gasteiger partial charge in [0, 0.05) is 34.9 Å². The molecule has 126 valence electrons. The van der Waals surface area contributed by atoms with Crippen LogP contribution in [0.1, 0.15) is 41.0 Å². The van der Waals surface area contributed by atoms with Crippen molar-refractivity contribution in [2.24, 2.45) is 5.73 Å². The zero-order chi connectivity index (χ0) is 16.7. The lowest BCUT2D eigenvalue weighted by atomic mass is 10.1. The van der Waals surface area contributed by atoms with E-state index in [1.807, 2.05) is 33.8 Å². The standard InChI is InChI=1S/C18H21BrN4O/c19-12-3-1-4-14(11-12)23-16-6-2-5-15(16)17(21-23)18(24)22-9-7-13(20)8-10-22/h1,3-4,11,13H,2,5-10,20H2. The monoisotopic (exact) mass is 388 g/mol. The normalized spacial score (nSPS) is 18.0. The summed E-state index contributed by atoms with van der Waals surface area (Å²) in [7, 11) is 0. The molecule has 1 aromatic carbocycles. The largest absolute Gasteiger partial charge is 0.337 e. The number of piperidine rings is 1. The second kappa shape index (κ2) is 6.33. The fraction of sp³-hybridized carbons (Fsp3) is 0.444. The number of hydrogen-bond acceptors (Lipinski definition) is 3. The molecule has 2 aliphatic rings. The molecule has 1 fully saturated rings. The van der Waals surface area contributed by atoms with Crippen molar-refractivity contribution in [3.8, 4) is 5.69 Å². The number of benzene rings is 1. The molecule has 4 rings (SSSR count). The SMILES string of the molecule is NC1CCN(C(=O)c2nn(-c3cccc(Br)c3)c3c2CCC3)CC1. The van der Waals surface area contributed by atoms with E-state index in [0.29, 0.717) is 5.69 Å². The Morgan fingerprint density at radius 3 is 2.79 bits per heavy atom. The molecule has 0 bridgehead atoms. The fourth-order valence-electron chi connectivity index (χ4n) is 3.68. The van der Waals surface area contributed by atoms with Crippen LogP contribution < -0.4 is 5.73 Å². The number of carbonyl (C=O) groups is 1. The Morgan fingerprint density at radius 1 is 1.25 bits per heavy atom. The summed E-state index contributed by atoms with van der Waals surface area (Å²) in [5, 5.41) is 4.71. The molecular formula is C18H21BrN4O. The number of nitrogens with two attached hydrogens (primary N) is 1. The number of fused-ring (bicyclic) bond motifs is 1. The zero-order valence-corrected chi connectivity index (χ0v) is 15.1. The number of likely N-dealkylation sites (tertiary alicyclic amines) is 1. The van der Waals surface area contributed by atoms with Gasteiger partial charge >= 0.3 is 0 Å². The molecule has 0 unspecified atom stereocenters. The van der Waals surface area contributed by atoms with Crippen molar-refractivity contribution in [2.75, 3.05) is 13.1 Å². The van der Waals surface area contributed by atoms with Crippen molar-refractivity contribution in [1.82, 2.24) is 14.7 Å². The van der Waals surface area contributed by atoms with Crippen molar-refractivity contribution in [3.05, 3.63) is 45.7 Å². The predicted octanol–water partition coefficient (Wildman–Crippen LogP) is 2.69. The third-order valence-electron chi connectivity index (χ3n) is 5.01. The third-order valence-corrected chi connectivity index (χ3v) is 5.51. The first-order valence-electron chi connectivity index (χ1n) is 8.55. The van der Waals surface area contributed by atoms with E-state index < -0.39 is 0 Å². The minimum atomic E-state index is 0.0637. The molecule has 6 heteroatoms.